The number of benzene rings is 1. The highest BCUT2D eigenvalue weighted by Gasteiger charge is 2.17. The Morgan fingerprint density at radius 1 is 1.47 bits per heavy atom. The quantitative estimate of drug-likeness (QED) is 0.474. The third-order valence-corrected chi connectivity index (χ3v) is 2.38. The van der Waals surface area contributed by atoms with Crippen molar-refractivity contribution in [1.29, 1.82) is 0 Å². The fourth-order valence-corrected chi connectivity index (χ4v) is 1.60. The van der Waals surface area contributed by atoms with Crippen LogP contribution in [0.25, 0.3) is 0 Å². The molecule has 0 aromatic heterocycles. The van der Waals surface area contributed by atoms with Crippen LogP contribution in [0, 0.1) is 0 Å². The second-order valence-corrected chi connectivity index (χ2v) is 4.12. The van der Waals surface area contributed by atoms with E-state index in [1.807, 2.05) is 0 Å². The monoisotopic (exact) mass is 255 g/mol. The number of aliphatic hydroxyl groups excluding tert-OH is 2. The SMILES string of the molecule is CNCC(O)C(O)c1cccc(NC(N)=S)c1. The first kappa shape index (κ1) is 13.9. The topological polar surface area (TPSA) is 90.5 Å². The smallest absolute Gasteiger partial charge is 0.168 e. The molecule has 94 valence electrons. The predicted octanol–water partition coefficient (Wildman–Crippen LogP) is -0.0442. The average molecular weight is 255 g/mol. The minimum atomic E-state index is -0.949. The van der Waals surface area contributed by atoms with E-state index in [4.69, 9.17) is 18.0 Å². The molecule has 0 aliphatic carbocycles. The van der Waals surface area contributed by atoms with Gasteiger partial charge in [-0.05, 0) is 37.0 Å². The molecule has 0 saturated carbocycles. The van der Waals surface area contributed by atoms with Crippen LogP contribution in [-0.2, 0) is 0 Å². The molecular weight excluding hydrogens is 238 g/mol. The van der Waals surface area contributed by atoms with Gasteiger partial charge in [-0.1, -0.05) is 12.1 Å². The number of aliphatic hydroxyl groups is 2. The standard InChI is InChI=1S/C11H17N3O2S/c1-13-6-9(15)10(16)7-3-2-4-8(5-7)14-11(12)17/h2-5,9-10,13,15-16H,6H2,1H3,(H3,12,14,17). The van der Waals surface area contributed by atoms with E-state index in [0.29, 0.717) is 17.8 Å². The normalized spacial score (nSPS) is 14.1. The van der Waals surface area contributed by atoms with Crippen LogP contribution in [0.3, 0.4) is 0 Å². The van der Waals surface area contributed by atoms with E-state index in [1.54, 1.807) is 31.3 Å². The Labute approximate surface area is 106 Å². The number of nitrogens with two attached hydrogens (primary N) is 1. The highest BCUT2D eigenvalue weighted by Crippen LogP contribution is 2.20. The lowest BCUT2D eigenvalue weighted by Gasteiger charge is -2.18. The summed E-state index contributed by atoms with van der Waals surface area (Å²) in [5.41, 5.74) is 6.65. The molecule has 5 nitrogen and oxygen atoms in total. The zero-order chi connectivity index (χ0) is 12.8. The third-order valence-electron chi connectivity index (χ3n) is 2.27. The number of hydrogen-bond donors (Lipinski definition) is 5. The first-order valence-corrected chi connectivity index (χ1v) is 5.62. The van der Waals surface area contributed by atoms with Crippen LogP contribution in [0.4, 0.5) is 5.69 Å². The maximum absolute atomic E-state index is 9.90. The second kappa shape index (κ2) is 6.51. The van der Waals surface area contributed by atoms with E-state index < -0.39 is 12.2 Å². The molecule has 0 bridgehead atoms. The summed E-state index contributed by atoms with van der Waals surface area (Å²) in [6.07, 6.45) is -1.81. The van der Waals surface area contributed by atoms with Crippen molar-refractivity contribution in [3.05, 3.63) is 29.8 Å². The lowest BCUT2D eigenvalue weighted by atomic mass is 10.0. The summed E-state index contributed by atoms with van der Waals surface area (Å²) in [4.78, 5) is 0. The van der Waals surface area contributed by atoms with Crippen LogP contribution in [-0.4, -0.2) is 35.0 Å². The summed E-state index contributed by atoms with van der Waals surface area (Å²) in [5, 5.41) is 25.3. The van der Waals surface area contributed by atoms with Crippen LogP contribution in [0.5, 0.6) is 0 Å². The predicted molar refractivity (Wildman–Crippen MR) is 71.7 cm³/mol. The van der Waals surface area contributed by atoms with E-state index in [2.05, 4.69) is 10.6 Å². The second-order valence-electron chi connectivity index (χ2n) is 3.68. The maximum atomic E-state index is 9.90. The number of nitrogens with one attached hydrogen (secondary N) is 2. The lowest BCUT2D eigenvalue weighted by Crippen LogP contribution is -2.29. The van der Waals surface area contributed by atoms with Crippen molar-refractivity contribution in [3.63, 3.8) is 0 Å². The summed E-state index contributed by atoms with van der Waals surface area (Å²) < 4.78 is 0. The maximum Gasteiger partial charge on any atom is 0.168 e. The van der Waals surface area contributed by atoms with E-state index in [1.165, 1.54) is 0 Å². The van der Waals surface area contributed by atoms with Gasteiger partial charge in [-0.3, -0.25) is 0 Å². The molecule has 0 aliphatic heterocycles. The van der Waals surface area contributed by atoms with Gasteiger partial charge < -0.3 is 26.6 Å². The van der Waals surface area contributed by atoms with Crippen LogP contribution < -0.4 is 16.4 Å². The molecule has 2 atom stereocenters. The van der Waals surface area contributed by atoms with E-state index in [-0.39, 0.29) is 5.11 Å². The van der Waals surface area contributed by atoms with Gasteiger partial charge in [0.2, 0.25) is 0 Å². The molecule has 6 N–H and O–H groups in total. The Morgan fingerprint density at radius 3 is 2.76 bits per heavy atom. The molecule has 0 amide bonds. The summed E-state index contributed by atoms with van der Waals surface area (Å²) >= 11 is 4.72. The molecule has 2 unspecified atom stereocenters. The molecule has 0 saturated heterocycles. The first-order chi connectivity index (χ1) is 8.04. The first-order valence-electron chi connectivity index (χ1n) is 5.21. The van der Waals surface area contributed by atoms with Gasteiger partial charge >= 0.3 is 0 Å². The molecule has 17 heavy (non-hydrogen) atoms. The van der Waals surface area contributed by atoms with Crippen molar-refractivity contribution < 1.29 is 10.2 Å². The molecule has 0 fully saturated rings. The van der Waals surface area contributed by atoms with Gasteiger partial charge in [-0.2, -0.15) is 0 Å². The Hall–Kier alpha value is -1.21. The number of hydrogen-bond acceptors (Lipinski definition) is 4. The highest BCUT2D eigenvalue weighted by atomic mass is 32.1. The Kier molecular flexibility index (Phi) is 5.30. The van der Waals surface area contributed by atoms with Gasteiger partial charge in [0.05, 0.1) is 6.10 Å². The van der Waals surface area contributed by atoms with Crippen molar-refractivity contribution >= 4 is 23.0 Å². The van der Waals surface area contributed by atoms with Crippen LogP contribution >= 0.6 is 12.2 Å². The van der Waals surface area contributed by atoms with E-state index in [0.717, 1.165) is 0 Å². The molecule has 1 aromatic carbocycles. The molecule has 1 rings (SSSR count). The summed E-state index contributed by atoms with van der Waals surface area (Å²) in [7, 11) is 1.71. The van der Waals surface area contributed by atoms with E-state index >= 15 is 0 Å². The van der Waals surface area contributed by atoms with Gasteiger partial charge in [0.15, 0.2) is 5.11 Å². The van der Waals surface area contributed by atoms with Crippen LogP contribution in [0.1, 0.15) is 11.7 Å². The number of anilines is 1. The van der Waals surface area contributed by atoms with Crippen molar-refractivity contribution in [2.45, 2.75) is 12.2 Å². The van der Waals surface area contributed by atoms with Gasteiger partial charge in [0, 0.05) is 12.2 Å². The van der Waals surface area contributed by atoms with Crippen molar-refractivity contribution in [2.75, 3.05) is 18.9 Å². The number of likely N-dealkylation sites (N-methyl/N-ethyl adjacent to an activating group) is 1. The zero-order valence-corrected chi connectivity index (χ0v) is 10.4. The summed E-state index contributed by atoms with van der Waals surface area (Å²) in [6.45, 7) is 0.314. The minimum Gasteiger partial charge on any atom is -0.389 e. The zero-order valence-electron chi connectivity index (χ0n) is 9.55. The summed E-state index contributed by atoms with van der Waals surface area (Å²) in [5.74, 6) is 0. The Balaban J connectivity index is 2.79. The lowest BCUT2D eigenvalue weighted by molar-refractivity contribution is 0.0203. The van der Waals surface area contributed by atoms with Crippen LogP contribution in [0.15, 0.2) is 24.3 Å². The van der Waals surface area contributed by atoms with Crippen molar-refractivity contribution in [3.8, 4) is 0 Å². The van der Waals surface area contributed by atoms with Crippen LogP contribution in [0.2, 0.25) is 0 Å². The molecule has 6 heteroatoms. The number of rotatable bonds is 5. The van der Waals surface area contributed by atoms with Crippen molar-refractivity contribution in [2.24, 2.45) is 5.73 Å². The van der Waals surface area contributed by atoms with E-state index in [9.17, 15) is 10.2 Å². The average Bonchev–Trinajstić information content (AvgIpc) is 2.28. The summed E-state index contributed by atoms with van der Waals surface area (Å²) in [6, 6.07) is 6.96. The van der Waals surface area contributed by atoms with Gasteiger partial charge in [0.1, 0.15) is 6.10 Å². The largest absolute Gasteiger partial charge is 0.389 e. The Bertz CT molecular complexity index is 387. The molecule has 0 radical (unpaired) electrons. The van der Waals surface area contributed by atoms with Gasteiger partial charge in [-0.15, -0.1) is 0 Å². The third kappa shape index (κ3) is 4.27. The highest BCUT2D eigenvalue weighted by molar-refractivity contribution is 7.80. The minimum absolute atomic E-state index is 0.160. The molecule has 0 heterocycles. The molecule has 1 aromatic rings. The Morgan fingerprint density at radius 2 is 2.18 bits per heavy atom. The fourth-order valence-electron chi connectivity index (χ4n) is 1.49. The molecule has 0 spiro atoms. The van der Waals surface area contributed by atoms with Gasteiger partial charge in [-0.25, -0.2) is 0 Å². The molecular formula is C11H17N3O2S. The van der Waals surface area contributed by atoms with Crippen molar-refractivity contribution in [1.82, 2.24) is 5.32 Å². The number of thiocarbonyl (C=S) groups is 1. The molecule has 0 aliphatic rings. The van der Waals surface area contributed by atoms with Gasteiger partial charge in [0.25, 0.3) is 0 Å². The fraction of sp³-hybridized carbons (Fsp3) is 0.364.